The normalized spacial score (nSPS) is 11.8. The minimum absolute atomic E-state index is 0.361. The average molecular weight is 237 g/mol. The Hall–Kier alpha value is -1.62. The predicted octanol–water partition coefficient (Wildman–Crippen LogP) is 1.10. The maximum absolute atomic E-state index is 10.6. The van der Waals surface area contributed by atoms with Crippen molar-refractivity contribution in [2.24, 2.45) is 7.05 Å². The Bertz CT molecular complexity index is 421. The first-order chi connectivity index (χ1) is 8.04. The van der Waals surface area contributed by atoms with Gasteiger partial charge in [-0.05, 0) is 13.3 Å². The van der Waals surface area contributed by atoms with Crippen molar-refractivity contribution in [3.05, 3.63) is 29.1 Å². The summed E-state index contributed by atoms with van der Waals surface area (Å²) in [6, 6.07) is 0. The van der Waals surface area contributed by atoms with E-state index in [9.17, 15) is 4.79 Å². The summed E-state index contributed by atoms with van der Waals surface area (Å²) >= 11 is 0. The zero-order chi connectivity index (χ0) is 12.8. The van der Waals surface area contributed by atoms with Crippen molar-refractivity contribution >= 4 is 5.97 Å². The molecular weight excluding hydrogens is 218 g/mol. The van der Waals surface area contributed by atoms with Crippen molar-refractivity contribution in [2.75, 3.05) is 6.54 Å². The second-order valence-electron chi connectivity index (χ2n) is 3.95. The summed E-state index contributed by atoms with van der Waals surface area (Å²) in [5.41, 5.74) is 2.61. The van der Waals surface area contributed by atoms with Crippen LogP contribution in [0.4, 0.5) is 0 Å². The number of carboxylic acid groups (broad SMARTS) is 1. The maximum atomic E-state index is 10.6. The molecule has 0 spiro atoms. The van der Waals surface area contributed by atoms with Crippen LogP contribution in [0.2, 0.25) is 0 Å². The van der Waals surface area contributed by atoms with E-state index in [1.807, 2.05) is 13.2 Å². The monoisotopic (exact) mass is 237 g/mol. The van der Waals surface area contributed by atoms with Crippen LogP contribution in [0.15, 0.2) is 17.8 Å². The Balaban J connectivity index is 2.46. The first-order valence-electron chi connectivity index (χ1n) is 5.66. The van der Waals surface area contributed by atoms with E-state index in [1.54, 1.807) is 17.7 Å². The highest BCUT2D eigenvalue weighted by Crippen LogP contribution is 2.06. The van der Waals surface area contributed by atoms with E-state index in [4.69, 9.17) is 5.11 Å². The van der Waals surface area contributed by atoms with Crippen LogP contribution in [-0.4, -0.2) is 27.4 Å². The van der Waals surface area contributed by atoms with E-state index >= 15 is 0 Å². The number of aliphatic carboxylic acids is 1. The molecule has 94 valence electrons. The molecule has 2 N–H and O–H groups in total. The van der Waals surface area contributed by atoms with Crippen LogP contribution in [0.3, 0.4) is 0 Å². The molecule has 0 bridgehead atoms. The first kappa shape index (κ1) is 13.4. The lowest BCUT2D eigenvalue weighted by molar-refractivity contribution is -0.132. The summed E-state index contributed by atoms with van der Waals surface area (Å²) in [4.78, 5) is 10.6. The zero-order valence-corrected chi connectivity index (χ0v) is 10.5. The highest BCUT2D eigenvalue weighted by molar-refractivity contribution is 5.85. The molecule has 0 saturated carbocycles. The molecule has 1 aromatic heterocycles. The molecule has 0 amide bonds. The van der Waals surface area contributed by atoms with Gasteiger partial charge in [-0.15, -0.1) is 0 Å². The first-order valence-corrected chi connectivity index (χ1v) is 5.66. The second-order valence-corrected chi connectivity index (χ2v) is 3.95. The van der Waals surface area contributed by atoms with Crippen LogP contribution in [-0.2, 0) is 24.8 Å². The summed E-state index contributed by atoms with van der Waals surface area (Å²) in [6.45, 7) is 4.92. The summed E-state index contributed by atoms with van der Waals surface area (Å²) in [5.74, 6) is -0.873. The topological polar surface area (TPSA) is 67.2 Å². The standard InChI is InChI=1S/C12H19N3O2/c1-4-11-10(8-15(3)14-11)7-13-6-5-9(2)12(16)17/h5,8,13H,4,6-7H2,1-3H3,(H,16,17)/b9-5-. The minimum Gasteiger partial charge on any atom is -0.478 e. The summed E-state index contributed by atoms with van der Waals surface area (Å²) < 4.78 is 1.80. The van der Waals surface area contributed by atoms with Crippen LogP contribution in [0.5, 0.6) is 0 Å². The Morgan fingerprint density at radius 2 is 2.35 bits per heavy atom. The fourth-order valence-electron chi connectivity index (χ4n) is 1.55. The molecule has 0 saturated heterocycles. The molecule has 1 rings (SSSR count). The van der Waals surface area contributed by atoms with Crippen molar-refractivity contribution in [1.82, 2.24) is 15.1 Å². The third kappa shape index (κ3) is 4.03. The van der Waals surface area contributed by atoms with Crippen LogP contribution in [0.25, 0.3) is 0 Å². The van der Waals surface area contributed by atoms with Crippen molar-refractivity contribution in [1.29, 1.82) is 0 Å². The van der Waals surface area contributed by atoms with Gasteiger partial charge in [0.25, 0.3) is 0 Å². The Kier molecular flexibility index (Phi) is 4.90. The van der Waals surface area contributed by atoms with Gasteiger partial charge in [0.2, 0.25) is 0 Å². The quantitative estimate of drug-likeness (QED) is 0.574. The molecular formula is C12H19N3O2. The van der Waals surface area contributed by atoms with Gasteiger partial charge in [-0.3, -0.25) is 4.68 Å². The zero-order valence-electron chi connectivity index (χ0n) is 10.5. The van der Waals surface area contributed by atoms with Gasteiger partial charge in [-0.2, -0.15) is 5.10 Å². The highest BCUT2D eigenvalue weighted by atomic mass is 16.4. The molecule has 0 fully saturated rings. The molecule has 0 unspecified atom stereocenters. The predicted molar refractivity (Wildman–Crippen MR) is 65.7 cm³/mol. The van der Waals surface area contributed by atoms with Gasteiger partial charge < -0.3 is 10.4 Å². The van der Waals surface area contributed by atoms with Gasteiger partial charge in [0.05, 0.1) is 5.69 Å². The van der Waals surface area contributed by atoms with Crippen molar-refractivity contribution in [3.63, 3.8) is 0 Å². The van der Waals surface area contributed by atoms with Gasteiger partial charge in [-0.1, -0.05) is 13.0 Å². The van der Waals surface area contributed by atoms with Gasteiger partial charge in [0, 0.05) is 37.5 Å². The molecule has 5 nitrogen and oxygen atoms in total. The second kappa shape index (κ2) is 6.20. The highest BCUT2D eigenvalue weighted by Gasteiger charge is 2.04. The number of aromatic nitrogens is 2. The minimum atomic E-state index is -0.873. The van der Waals surface area contributed by atoms with Crippen molar-refractivity contribution in [3.8, 4) is 0 Å². The molecule has 0 aliphatic carbocycles. The third-order valence-electron chi connectivity index (χ3n) is 2.53. The van der Waals surface area contributed by atoms with Crippen molar-refractivity contribution in [2.45, 2.75) is 26.8 Å². The number of hydrogen-bond donors (Lipinski definition) is 2. The van der Waals surface area contributed by atoms with Crippen molar-refractivity contribution < 1.29 is 9.90 Å². The SMILES string of the molecule is CCc1nn(C)cc1CNC/C=C(/C)C(=O)O. The Morgan fingerprint density at radius 1 is 1.65 bits per heavy atom. The molecule has 0 aromatic carbocycles. The molecule has 0 aliphatic heterocycles. The van der Waals surface area contributed by atoms with E-state index in [-0.39, 0.29) is 0 Å². The number of carbonyl (C=O) groups is 1. The third-order valence-corrected chi connectivity index (χ3v) is 2.53. The van der Waals surface area contributed by atoms with Crippen LogP contribution < -0.4 is 5.32 Å². The van der Waals surface area contributed by atoms with E-state index in [1.165, 1.54) is 0 Å². The van der Waals surface area contributed by atoms with Crippen LogP contribution in [0.1, 0.15) is 25.1 Å². The van der Waals surface area contributed by atoms with E-state index < -0.39 is 5.97 Å². The molecule has 1 aromatic rings. The summed E-state index contributed by atoms with van der Waals surface area (Å²) in [6.07, 6.45) is 4.56. The van der Waals surface area contributed by atoms with Crippen LogP contribution >= 0.6 is 0 Å². The maximum Gasteiger partial charge on any atom is 0.330 e. The summed E-state index contributed by atoms with van der Waals surface area (Å²) in [5, 5.41) is 16.2. The number of aryl methyl sites for hydroxylation is 2. The van der Waals surface area contributed by atoms with E-state index in [0.29, 0.717) is 18.7 Å². The summed E-state index contributed by atoms with van der Waals surface area (Å²) in [7, 11) is 1.90. The molecule has 0 atom stereocenters. The Labute approximate surface area is 101 Å². The van der Waals surface area contributed by atoms with Crippen LogP contribution in [0, 0.1) is 0 Å². The van der Waals surface area contributed by atoms with Gasteiger partial charge in [0.15, 0.2) is 0 Å². The lowest BCUT2D eigenvalue weighted by Crippen LogP contribution is -2.14. The van der Waals surface area contributed by atoms with E-state index in [2.05, 4.69) is 17.3 Å². The average Bonchev–Trinajstić information content (AvgIpc) is 2.64. The molecule has 5 heteroatoms. The molecule has 17 heavy (non-hydrogen) atoms. The fraction of sp³-hybridized carbons (Fsp3) is 0.500. The van der Waals surface area contributed by atoms with Gasteiger partial charge in [0.1, 0.15) is 0 Å². The number of nitrogens with one attached hydrogen (secondary N) is 1. The number of hydrogen-bond acceptors (Lipinski definition) is 3. The Morgan fingerprint density at radius 3 is 2.94 bits per heavy atom. The molecule has 0 radical (unpaired) electrons. The lowest BCUT2D eigenvalue weighted by Gasteiger charge is -2.01. The largest absolute Gasteiger partial charge is 0.478 e. The number of carboxylic acids is 1. The number of rotatable bonds is 6. The number of nitrogens with zero attached hydrogens (tertiary/aromatic N) is 2. The lowest BCUT2D eigenvalue weighted by atomic mass is 10.2. The fourth-order valence-corrected chi connectivity index (χ4v) is 1.55. The van der Waals surface area contributed by atoms with Gasteiger partial charge in [-0.25, -0.2) is 4.79 Å². The smallest absolute Gasteiger partial charge is 0.330 e. The molecule has 0 aliphatic rings. The van der Waals surface area contributed by atoms with E-state index in [0.717, 1.165) is 17.7 Å². The molecule has 1 heterocycles. The van der Waals surface area contributed by atoms with Gasteiger partial charge >= 0.3 is 5.97 Å².